The lowest BCUT2D eigenvalue weighted by Crippen LogP contribution is -2.21. The minimum Gasteiger partial charge on any atom is -0.369 e. The lowest BCUT2D eigenvalue weighted by atomic mass is 10.2. The fraction of sp³-hybridized carbons (Fsp3) is 0.455. The SMILES string of the molecule is Cc1ccc(N(C)CCCN)c([N+](=O)[O-])c1. The minimum absolute atomic E-state index is 0.152. The standard InChI is InChI=1S/C11H17N3O2/c1-9-4-5-10(11(8-9)14(15)16)13(2)7-3-6-12/h4-5,8H,3,6-7,12H2,1-2H3. The number of nitrogens with zero attached hydrogens (tertiary/aromatic N) is 2. The van der Waals surface area contributed by atoms with Gasteiger partial charge in [-0.25, -0.2) is 0 Å². The molecule has 0 aromatic heterocycles. The molecule has 5 heteroatoms. The van der Waals surface area contributed by atoms with Gasteiger partial charge in [-0.3, -0.25) is 10.1 Å². The van der Waals surface area contributed by atoms with Gasteiger partial charge in [-0.05, 0) is 31.5 Å². The summed E-state index contributed by atoms with van der Waals surface area (Å²) in [5.41, 5.74) is 7.10. The Morgan fingerprint density at radius 2 is 2.19 bits per heavy atom. The molecule has 0 heterocycles. The Morgan fingerprint density at radius 3 is 2.75 bits per heavy atom. The molecule has 0 saturated carbocycles. The van der Waals surface area contributed by atoms with Gasteiger partial charge in [-0.15, -0.1) is 0 Å². The first-order chi connectivity index (χ1) is 7.56. The van der Waals surface area contributed by atoms with Crippen LogP contribution in [-0.4, -0.2) is 25.1 Å². The number of nitrogens with two attached hydrogens (primary N) is 1. The van der Waals surface area contributed by atoms with Crippen LogP contribution in [0.2, 0.25) is 0 Å². The Balaban J connectivity index is 2.98. The molecule has 5 nitrogen and oxygen atoms in total. The number of hydrogen-bond acceptors (Lipinski definition) is 4. The van der Waals surface area contributed by atoms with E-state index in [4.69, 9.17) is 5.73 Å². The first-order valence-corrected chi connectivity index (χ1v) is 5.22. The summed E-state index contributed by atoms with van der Waals surface area (Å²) in [6.07, 6.45) is 0.821. The molecule has 0 atom stereocenters. The maximum Gasteiger partial charge on any atom is 0.292 e. The van der Waals surface area contributed by atoms with E-state index in [1.165, 1.54) is 0 Å². The second-order valence-electron chi connectivity index (χ2n) is 3.81. The quantitative estimate of drug-likeness (QED) is 0.609. The van der Waals surface area contributed by atoms with Crippen LogP contribution in [0.4, 0.5) is 11.4 Å². The zero-order valence-electron chi connectivity index (χ0n) is 9.64. The van der Waals surface area contributed by atoms with Gasteiger partial charge in [0, 0.05) is 19.7 Å². The molecule has 0 amide bonds. The van der Waals surface area contributed by atoms with Crippen molar-refractivity contribution < 1.29 is 4.92 Å². The van der Waals surface area contributed by atoms with Crippen LogP contribution in [0.1, 0.15) is 12.0 Å². The van der Waals surface area contributed by atoms with Gasteiger partial charge in [0.25, 0.3) is 5.69 Å². The highest BCUT2D eigenvalue weighted by Gasteiger charge is 2.16. The third-order valence-corrected chi connectivity index (χ3v) is 2.44. The third kappa shape index (κ3) is 2.93. The number of anilines is 1. The highest BCUT2D eigenvalue weighted by molar-refractivity contribution is 5.63. The minimum atomic E-state index is -0.346. The topological polar surface area (TPSA) is 72.4 Å². The fourth-order valence-corrected chi connectivity index (χ4v) is 1.55. The number of aryl methyl sites for hydroxylation is 1. The van der Waals surface area contributed by atoms with E-state index in [2.05, 4.69) is 0 Å². The smallest absolute Gasteiger partial charge is 0.292 e. The van der Waals surface area contributed by atoms with Gasteiger partial charge >= 0.3 is 0 Å². The van der Waals surface area contributed by atoms with Crippen molar-refractivity contribution >= 4 is 11.4 Å². The van der Waals surface area contributed by atoms with Crippen LogP contribution in [0.25, 0.3) is 0 Å². The molecule has 0 fully saturated rings. The summed E-state index contributed by atoms with van der Waals surface area (Å²) >= 11 is 0. The number of hydrogen-bond donors (Lipinski definition) is 1. The predicted octanol–water partition coefficient (Wildman–Crippen LogP) is 1.69. The molecule has 0 unspecified atom stereocenters. The summed E-state index contributed by atoms with van der Waals surface area (Å²) < 4.78 is 0. The summed E-state index contributed by atoms with van der Waals surface area (Å²) in [6.45, 7) is 3.15. The van der Waals surface area contributed by atoms with Crippen molar-refractivity contribution in [1.82, 2.24) is 0 Å². The molecule has 0 spiro atoms. The van der Waals surface area contributed by atoms with E-state index in [0.717, 1.165) is 18.5 Å². The number of nitro groups is 1. The van der Waals surface area contributed by atoms with Crippen LogP contribution in [0.3, 0.4) is 0 Å². The Kier molecular flexibility index (Phi) is 4.25. The maximum atomic E-state index is 10.9. The van der Waals surface area contributed by atoms with E-state index in [0.29, 0.717) is 12.2 Å². The monoisotopic (exact) mass is 223 g/mol. The van der Waals surface area contributed by atoms with Crippen LogP contribution >= 0.6 is 0 Å². The Bertz CT molecular complexity index is 379. The molecule has 88 valence electrons. The Morgan fingerprint density at radius 1 is 1.50 bits per heavy atom. The zero-order valence-corrected chi connectivity index (χ0v) is 9.64. The summed E-state index contributed by atoms with van der Waals surface area (Å²) in [6, 6.07) is 5.25. The van der Waals surface area contributed by atoms with Crippen molar-refractivity contribution in [3.05, 3.63) is 33.9 Å². The van der Waals surface area contributed by atoms with Gasteiger partial charge in [0.15, 0.2) is 0 Å². The van der Waals surface area contributed by atoms with E-state index < -0.39 is 0 Å². The highest BCUT2D eigenvalue weighted by atomic mass is 16.6. The molecule has 16 heavy (non-hydrogen) atoms. The molecule has 0 radical (unpaired) electrons. The molecule has 1 rings (SSSR count). The number of nitro benzene ring substituents is 1. The van der Waals surface area contributed by atoms with E-state index in [1.54, 1.807) is 12.1 Å². The molecule has 1 aromatic carbocycles. The number of rotatable bonds is 5. The molecule has 0 aliphatic heterocycles. The Hall–Kier alpha value is -1.62. The molecule has 0 aliphatic rings. The maximum absolute atomic E-state index is 10.9. The van der Waals surface area contributed by atoms with Gasteiger partial charge < -0.3 is 10.6 Å². The fourth-order valence-electron chi connectivity index (χ4n) is 1.55. The summed E-state index contributed by atoms with van der Waals surface area (Å²) in [4.78, 5) is 12.4. The molecule has 2 N–H and O–H groups in total. The van der Waals surface area contributed by atoms with Crippen LogP contribution in [0.15, 0.2) is 18.2 Å². The van der Waals surface area contributed by atoms with Crippen molar-refractivity contribution in [1.29, 1.82) is 0 Å². The summed E-state index contributed by atoms with van der Waals surface area (Å²) in [5.74, 6) is 0. The van der Waals surface area contributed by atoms with Crippen molar-refractivity contribution in [2.45, 2.75) is 13.3 Å². The van der Waals surface area contributed by atoms with Gasteiger partial charge in [0.2, 0.25) is 0 Å². The normalized spacial score (nSPS) is 10.2. The van der Waals surface area contributed by atoms with Gasteiger partial charge in [-0.1, -0.05) is 6.07 Å². The van der Waals surface area contributed by atoms with E-state index in [9.17, 15) is 10.1 Å². The molecular weight excluding hydrogens is 206 g/mol. The first-order valence-electron chi connectivity index (χ1n) is 5.22. The summed E-state index contributed by atoms with van der Waals surface area (Å²) in [5, 5.41) is 10.9. The molecule has 0 bridgehead atoms. The van der Waals surface area contributed by atoms with Gasteiger partial charge in [-0.2, -0.15) is 0 Å². The Labute approximate surface area is 95.0 Å². The van der Waals surface area contributed by atoms with E-state index >= 15 is 0 Å². The average Bonchev–Trinajstić information content (AvgIpc) is 2.25. The lowest BCUT2D eigenvalue weighted by Gasteiger charge is -2.18. The van der Waals surface area contributed by atoms with Crippen LogP contribution in [0, 0.1) is 17.0 Å². The third-order valence-electron chi connectivity index (χ3n) is 2.44. The molecular formula is C11H17N3O2. The van der Waals surface area contributed by atoms with Gasteiger partial charge in [0.1, 0.15) is 5.69 Å². The predicted molar refractivity (Wildman–Crippen MR) is 64.8 cm³/mol. The number of benzene rings is 1. The lowest BCUT2D eigenvalue weighted by molar-refractivity contribution is -0.384. The van der Waals surface area contributed by atoms with Crippen molar-refractivity contribution in [3.63, 3.8) is 0 Å². The molecule has 1 aromatic rings. The van der Waals surface area contributed by atoms with Crippen LogP contribution < -0.4 is 10.6 Å². The molecule has 0 aliphatic carbocycles. The van der Waals surface area contributed by atoms with Crippen LogP contribution in [-0.2, 0) is 0 Å². The van der Waals surface area contributed by atoms with Crippen molar-refractivity contribution in [2.24, 2.45) is 5.73 Å². The highest BCUT2D eigenvalue weighted by Crippen LogP contribution is 2.28. The average molecular weight is 223 g/mol. The summed E-state index contributed by atoms with van der Waals surface area (Å²) in [7, 11) is 1.84. The zero-order chi connectivity index (χ0) is 12.1. The molecule has 0 saturated heterocycles. The second-order valence-corrected chi connectivity index (χ2v) is 3.81. The van der Waals surface area contributed by atoms with Crippen LogP contribution in [0.5, 0.6) is 0 Å². The van der Waals surface area contributed by atoms with Crippen molar-refractivity contribution in [2.75, 3.05) is 25.0 Å². The van der Waals surface area contributed by atoms with Crippen molar-refractivity contribution in [3.8, 4) is 0 Å². The first kappa shape index (κ1) is 12.4. The second kappa shape index (κ2) is 5.46. The van der Waals surface area contributed by atoms with Gasteiger partial charge in [0.05, 0.1) is 4.92 Å². The largest absolute Gasteiger partial charge is 0.369 e. The van der Waals surface area contributed by atoms with E-state index in [-0.39, 0.29) is 10.6 Å². The van der Waals surface area contributed by atoms with E-state index in [1.807, 2.05) is 24.9 Å².